The van der Waals surface area contributed by atoms with Crippen molar-refractivity contribution in [1.29, 1.82) is 0 Å². The van der Waals surface area contributed by atoms with Crippen LogP contribution >= 0.6 is 0 Å². The summed E-state index contributed by atoms with van der Waals surface area (Å²) in [6.07, 6.45) is 3.70. The Labute approximate surface area is 110 Å². The monoisotopic (exact) mass is 257 g/mol. The van der Waals surface area contributed by atoms with E-state index in [0.717, 1.165) is 45.5 Å². The summed E-state index contributed by atoms with van der Waals surface area (Å²) in [5.74, 6) is 0.547. The van der Waals surface area contributed by atoms with E-state index in [4.69, 9.17) is 9.47 Å². The van der Waals surface area contributed by atoms with Crippen LogP contribution in [0.4, 0.5) is 0 Å². The highest BCUT2D eigenvalue weighted by Crippen LogP contribution is 2.32. The van der Waals surface area contributed by atoms with Crippen LogP contribution in [0.25, 0.3) is 0 Å². The van der Waals surface area contributed by atoms with Gasteiger partial charge in [-0.3, -0.25) is 0 Å². The van der Waals surface area contributed by atoms with Gasteiger partial charge in [-0.1, -0.05) is 13.8 Å². The molecule has 4 heteroatoms. The molecule has 1 spiro atoms. The van der Waals surface area contributed by atoms with Gasteiger partial charge in [0.05, 0.1) is 18.3 Å². The van der Waals surface area contributed by atoms with Gasteiger partial charge in [0.2, 0.25) is 0 Å². The molecule has 2 heterocycles. The van der Waals surface area contributed by atoms with E-state index in [1.807, 2.05) is 0 Å². The summed E-state index contributed by atoms with van der Waals surface area (Å²) in [7, 11) is 0. The van der Waals surface area contributed by atoms with Gasteiger partial charge in [-0.05, 0) is 25.2 Å². The van der Waals surface area contributed by atoms with Crippen molar-refractivity contribution in [3.05, 3.63) is 0 Å². The Morgan fingerprint density at radius 1 is 1.39 bits per heavy atom. The first-order valence-corrected chi connectivity index (χ1v) is 7.23. The van der Waals surface area contributed by atoms with Gasteiger partial charge in [-0.15, -0.1) is 0 Å². The quantitative estimate of drug-likeness (QED) is 0.780. The summed E-state index contributed by atoms with van der Waals surface area (Å²) in [5.41, 5.74) is -0.0427. The molecule has 106 valence electrons. The number of aliphatic hydroxyl groups excluding tert-OH is 1. The maximum atomic E-state index is 9.89. The fourth-order valence-corrected chi connectivity index (χ4v) is 3.00. The van der Waals surface area contributed by atoms with Gasteiger partial charge < -0.3 is 19.9 Å². The van der Waals surface area contributed by atoms with Crippen LogP contribution < -0.4 is 5.32 Å². The molecule has 0 amide bonds. The van der Waals surface area contributed by atoms with Crippen molar-refractivity contribution in [2.24, 2.45) is 5.92 Å². The summed E-state index contributed by atoms with van der Waals surface area (Å²) < 4.78 is 11.4. The third-order valence-corrected chi connectivity index (χ3v) is 3.95. The van der Waals surface area contributed by atoms with E-state index in [9.17, 15) is 5.11 Å². The van der Waals surface area contributed by atoms with Gasteiger partial charge in [-0.25, -0.2) is 0 Å². The molecule has 2 N–H and O–H groups in total. The normalized spacial score (nSPS) is 34.3. The van der Waals surface area contributed by atoms with E-state index in [2.05, 4.69) is 19.2 Å². The second-order valence-corrected chi connectivity index (χ2v) is 6.22. The molecule has 2 aliphatic heterocycles. The first kappa shape index (κ1) is 14.3. The second-order valence-electron chi connectivity index (χ2n) is 6.22. The van der Waals surface area contributed by atoms with Crippen LogP contribution in [-0.4, -0.2) is 49.2 Å². The van der Waals surface area contributed by atoms with Crippen LogP contribution in [0.1, 0.15) is 39.5 Å². The van der Waals surface area contributed by atoms with Crippen molar-refractivity contribution < 1.29 is 14.6 Å². The lowest BCUT2D eigenvalue weighted by Gasteiger charge is -2.37. The zero-order valence-corrected chi connectivity index (χ0v) is 11.7. The van der Waals surface area contributed by atoms with Gasteiger partial charge in [0.1, 0.15) is 0 Å². The highest BCUT2D eigenvalue weighted by Gasteiger charge is 2.40. The van der Waals surface area contributed by atoms with Crippen molar-refractivity contribution in [2.75, 3.05) is 26.4 Å². The Morgan fingerprint density at radius 3 is 2.89 bits per heavy atom. The summed E-state index contributed by atoms with van der Waals surface area (Å²) in [4.78, 5) is 0. The van der Waals surface area contributed by atoms with E-state index in [0.29, 0.717) is 18.5 Å². The Kier molecular flexibility index (Phi) is 5.01. The predicted octanol–water partition coefficient (Wildman–Crippen LogP) is 1.32. The molecule has 2 saturated heterocycles. The van der Waals surface area contributed by atoms with Crippen LogP contribution in [0.2, 0.25) is 0 Å². The summed E-state index contributed by atoms with van der Waals surface area (Å²) >= 11 is 0. The first-order valence-electron chi connectivity index (χ1n) is 7.23. The highest BCUT2D eigenvalue weighted by atomic mass is 16.6. The third-order valence-electron chi connectivity index (χ3n) is 3.95. The van der Waals surface area contributed by atoms with Gasteiger partial charge in [0.25, 0.3) is 0 Å². The summed E-state index contributed by atoms with van der Waals surface area (Å²) in [5, 5.41) is 13.4. The fourth-order valence-electron chi connectivity index (χ4n) is 3.00. The molecular weight excluding hydrogens is 230 g/mol. The minimum absolute atomic E-state index is 0.0427. The van der Waals surface area contributed by atoms with Crippen molar-refractivity contribution in [1.82, 2.24) is 5.32 Å². The van der Waals surface area contributed by atoms with Gasteiger partial charge >= 0.3 is 0 Å². The van der Waals surface area contributed by atoms with Crippen molar-refractivity contribution in [2.45, 2.75) is 57.3 Å². The third kappa shape index (κ3) is 3.92. The van der Waals surface area contributed by atoms with E-state index in [1.165, 1.54) is 0 Å². The molecule has 2 rings (SSSR count). The zero-order valence-electron chi connectivity index (χ0n) is 11.7. The SMILES string of the molecule is CC(C)CC(O)CNC1CCOC2(CCOC2)C1. The molecule has 0 aliphatic carbocycles. The summed E-state index contributed by atoms with van der Waals surface area (Å²) in [6.45, 7) is 7.34. The molecule has 0 radical (unpaired) electrons. The van der Waals surface area contributed by atoms with Crippen molar-refractivity contribution >= 4 is 0 Å². The second kappa shape index (κ2) is 6.33. The van der Waals surface area contributed by atoms with Crippen LogP contribution in [0.15, 0.2) is 0 Å². The maximum Gasteiger partial charge on any atom is 0.0951 e. The predicted molar refractivity (Wildman–Crippen MR) is 70.6 cm³/mol. The largest absolute Gasteiger partial charge is 0.392 e. The molecule has 0 saturated carbocycles. The highest BCUT2D eigenvalue weighted by molar-refractivity contribution is 4.92. The minimum Gasteiger partial charge on any atom is -0.392 e. The molecule has 2 fully saturated rings. The fraction of sp³-hybridized carbons (Fsp3) is 1.00. The van der Waals surface area contributed by atoms with E-state index < -0.39 is 0 Å². The maximum absolute atomic E-state index is 9.89. The molecule has 0 aromatic rings. The van der Waals surface area contributed by atoms with Gasteiger partial charge in [0.15, 0.2) is 0 Å². The van der Waals surface area contributed by atoms with Crippen LogP contribution in [0.5, 0.6) is 0 Å². The summed E-state index contributed by atoms with van der Waals surface area (Å²) in [6, 6.07) is 0.460. The molecule has 0 aromatic carbocycles. The molecular formula is C14H27NO3. The lowest BCUT2D eigenvalue weighted by Crippen LogP contribution is -2.49. The topological polar surface area (TPSA) is 50.7 Å². The van der Waals surface area contributed by atoms with Gasteiger partial charge in [0, 0.05) is 32.2 Å². The van der Waals surface area contributed by atoms with Crippen LogP contribution in [-0.2, 0) is 9.47 Å². The van der Waals surface area contributed by atoms with Crippen LogP contribution in [0, 0.1) is 5.92 Å². The molecule has 4 nitrogen and oxygen atoms in total. The minimum atomic E-state index is -0.233. The molecule has 3 atom stereocenters. The molecule has 0 bridgehead atoms. The number of hydrogen-bond acceptors (Lipinski definition) is 4. The smallest absolute Gasteiger partial charge is 0.0951 e. The Bertz CT molecular complexity index is 251. The average Bonchev–Trinajstić information content (AvgIpc) is 2.74. The number of ether oxygens (including phenoxy) is 2. The molecule has 18 heavy (non-hydrogen) atoms. The first-order chi connectivity index (χ1) is 8.60. The van der Waals surface area contributed by atoms with E-state index >= 15 is 0 Å². The van der Waals surface area contributed by atoms with Crippen molar-refractivity contribution in [3.63, 3.8) is 0 Å². The van der Waals surface area contributed by atoms with Crippen molar-refractivity contribution in [3.8, 4) is 0 Å². The van der Waals surface area contributed by atoms with Crippen LogP contribution in [0.3, 0.4) is 0 Å². The number of aliphatic hydroxyl groups is 1. The Hall–Kier alpha value is -0.160. The zero-order chi connectivity index (χ0) is 13.0. The Morgan fingerprint density at radius 2 is 2.22 bits per heavy atom. The molecule has 0 aromatic heterocycles. The number of rotatable bonds is 5. The lowest BCUT2D eigenvalue weighted by molar-refractivity contribution is -0.0900. The lowest BCUT2D eigenvalue weighted by atomic mass is 9.89. The average molecular weight is 257 g/mol. The van der Waals surface area contributed by atoms with E-state index in [1.54, 1.807) is 0 Å². The number of hydrogen-bond donors (Lipinski definition) is 2. The van der Waals surface area contributed by atoms with E-state index in [-0.39, 0.29) is 11.7 Å². The van der Waals surface area contributed by atoms with Gasteiger partial charge in [-0.2, -0.15) is 0 Å². The molecule has 3 unspecified atom stereocenters. The Balaban J connectivity index is 1.72. The molecule has 2 aliphatic rings. The standard InChI is InChI=1S/C14H27NO3/c1-11(2)7-13(16)9-15-12-3-5-18-14(8-12)4-6-17-10-14/h11-13,15-16H,3-10H2,1-2H3. The number of nitrogens with one attached hydrogen (secondary N) is 1.